The molecule has 1 rings (SSSR count). The molecule has 0 saturated carbocycles. The molecule has 1 aliphatic heterocycles. The van der Waals surface area contributed by atoms with E-state index >= 15 is 0 Å². The van der Waals surface area contributed by atoms with Gasteiger partial charge in [-0.1, -0.05) is 0 Å². The van der Waals surface area contributed by atoms with Crippen molar-refractivity contribution in [3.8, 4) is 0 Å². The van der Waals surface area contributed by atoms with Gasteiger partial charge in [0.15, 0.2) is 6.29 Å². The quantitative estimate of drug-likeness (QED) is 0.173. The van der Waals surface area contributed by atoms with Crippen LogP contribution in [0.5, 0.6) is 0 Å². The molecule has 27 heavy (non-hydrogen) atoms. The SMILES string of the molecule is NC(CCC(=O)O)C(=O)O.O=P(O)(O)O[C@@]1(CO)OC(O)[C@H](O)[C@H](O)[C@@H]1O. The molecule has 2 unspecified atom stereocenters. The summed E-state index contributed by atoms with van der Waals surface area (Å²) in [5.41, 5.74) is 5.00. The van der Waals surface area contributed by atoms with Gasteiger partial charge in [0.1, 0.15) is 31.0 Å². The zero-order valence-corrected chi connectivity index (χ0v) is 14.5. The number of carbonyl (C=O) groups is 2. The summed E-state index contributed by atoms with van der Waals surface area (Å²) in [5, 5.41) is 62.2. The van der Waals surface area contributed by atoms with Crippen LogP contribution in [0.3, 0.4) is 0 Å². The van der Waals surface area contributed by atoms with E-state index in [1.807, 2.05) is 0 Å². The molecule has 1 fully saturated rings. The molecule has 0 bridgehead atoms. The Bertz CT molecular complexity index is 553. The first-order chi connectivity index (χ1) is 12.2. The third-order valence-electron chi connectivity index (χ3n) is 3.22. The van der Waals surface area contributed by atoms with Gasteiger partial charge < -0.3 is 56.0 Å². The van der Waals surface area contributed by atoms with E-state index in [1.165, 1.54) is 0 Å². The van der Waals surface area contributed by atoms with Crippen LogP contribution in [0.15, 0.2) is 0 Å². The van der Waals surface area contributed by atoms with E-state index in [4.69, 9.17) is 41.1 Å². The van der Waals surface area contributed by atoms with E-state index in [9.17, 15) is 24.4 Å². The molecule has 0 radical (unpaired) electrons. The van der Waals surface area contributed by atoms with Crippen LogP contribution in [0.4, 0.5) is 0 Å². The van der Waals surface area contributed by atoms with E-state index in [0.717, 1.165) is 0 Å². The molecule has 0 spiro atoms. The van der Waals surface area contributed by atoms with Crippen molar-refractivity contribution in [1.82, 2.24) is 0 Å². The monoisotopic (exact) mass is 423 g/mol. The van der Waals surface area contributed by atoms with Crippen LogP contribution in [0.2, 0.25) is 0 Å². The number of hydrogen-bond acceptors (Lipinski definition) is 11. The number of aliphatic hydroxyl groups is 5. The summed E-state index contributed by atoms with van der Waals surface area (Å²) < 4.78 is 19.1. The summed E-state index contributed by atoms with van der Waals surface area (Å²) in [4.78, 5) is 37.0. The fraction of sp³-hybridized carbons (Fsp3) is 0.818. The van der Waals surface area contributed by atoms with E-state index in [-0.39, 0.29) is 12.8 Å². The molecule has 11 N–H and O–H groups in total. The summed E-state index contributed by atoms with van der Waals surface area (Å²) in [6.07, 6.45) is -8.41. The first kappa shape index (κ1) is 25.8. The molecular formula is C11H22NO14P. The Balaban J connectivity index is 0.000000580. The first-order valence-electron chi connectivity index (χ1n) is 7.14. The lowest BCUT2D eigenvalue weighted by Crippen LogP contribution is -2.66. The Morgan fingerprint density at radius 2 is 1.67 bits per heavy atom. The Morgan fingerprint density at radius 1 is 1.15 bits per heavy atom. The van der Waals surface area contributed by atoms with Crippen molar-refractivity contribution >= 4 is 19.8 Å². The van der Waals surface area contributed by atoms with Crippen molar-refractivity contribution in [3.63, 3.8) is 0 Å². The second kappa shape index (κ2) is 10.4. The van der Waals surface area contributed by atoms with Gasteiger partial charge >= 0.3 is 19.8 Å². The smallest absolute Gasteiger partial charge is 0.472 e. The average molecular weight is 423 g/mol. The Labute approximate surface area is 151 Å². The number of phosphoric acid groups is 1. The maximum Gasteiger partial charge on any atom is 0.472 e. The van der Waals surface area contributed by atoms with E-state index < -0.39 is 62.8 Å². The van der Waals surface area contributed by atoms with Crippen molar-refractivity contribution in [2.24, 2.45) is 5.73 Å². The fourth-order valence-electron chi connectivity index (χ4n) is 1.80. The van der Waals surface area contributed by atoms with Gasteiger partial charge in [0, 0.05) is 6.42 Å². The number of hydrogen-bond donors (Lipinski definition) is 10. The van der Waals surface area contributed by atoms with E-state index in [2.05, 4.69) is 9.26 Å². The van der Waals surface area contributed by atoms with Crippen LogP contribution in [0.1, 0.15) is 12.8 Å². The molecule has 1 heterocycles. The van der Waals surface area contributed by atoms with Gasteiger partial charge in [-0.25, -0.2) is 9.09 Å². The minimum Gasteiger partial charge on any atom is -0.481 e. The summed E-state index contributed by atoms with van der Waals surface area (Å²) in [6.45, 7) is -1.26. The Morgan fingerprint density at radius 3 is 2.04 bits per heavy atom. The minimum absolute atomic E-state index is 0.0231. The number of carboxylic acids is 2. The van der Waals surface area contributed by atoms with Crippen LogP contribution in [-0.4, -0.2) is 101 Å². The molecule has 0 aliphatic carbocycles. The lowest BCUT2D eigenvalue weighted by molar-refractivity contribution is -0.382. The lowest BCUT2D eigenvalue weighted by atomic mass is 9.96. The molecule has 1 aliphatic rings. The highest BCUT2D eigenvalue weighted by molar-refractivity contribution is 7.46. The normalized spacial score (nSPS) is 32.1. The number of aliphatic hydroxyl groups excluding tert-OH is 5. The van der Waals surface area contributed by atoms with Gasteiger partial charge in [-0.05, 0) is 6.42 Å². The average Bonchev–Trinajstić information content (AvgIpc) is 2.54. The molecule has 15 nitrogen and oxygen atoms in total. The van der Waals surface area contributed by atoms with Gasteiger partial charge in [-0.2, -0.15) is 0 Å². The third-order valence-corrected chi connectivity index (χ3v) is 3.76. The largest absolute Gasteiger partial charge is 0.481 e. The number of ether oxygens (including phenoxy) is 1. The van der Waals surface area contributed by atoms with Gasteiger partial charge in [-0.15, -0.1) is 0 Å². The van der Waals surface area contributed by atoms with Crippen molar-refractivity contribution in [2.45, 2.75) is 49.3 Å². The minimum atomic E-state index is -5.18. The van der Waals surface area contributed by atoms with Crippen molar-refractivity contribution in [3.05, 3.63) is 0 Å². The van der Waals surface area contributed by atoms with Crippen molar-refractivity contribution in [1.29, 1.82) is 0 Å². The maximum absolute atomic E-state index is 10.6. The lowest BCUT2D eigenvalue weighted by Gasteiger charge is -2.45. The van der Waals surface area contributed by atoms with Crippen LogP contribution in [-0.2, 0) is 23.4 Å². The van der Waals surface area contributed by atoms with Crippen molar-refractivity contribution < 1.29 is 68.9 Å². The molecule has 16 heteroatoms. The first-order valence-corrected chi connectivity index (χ1v) is 8.67. The number of nitrogens with two attached hydrogens (primary N) is 1. The molecular weight excluding hydrogens is 401 g/mol. The predicted molar refractivity (Wildman–Crippen MR) is 80.5 cm³/mol. The highest BCUT2D eigenvalue weighted by Gasteiger charge is 2.56. The fourth-order valence-corrected chi connectivity index (χ4v) is 2.41. The standard InChI is InChI=1S/C6H13O10P.C5H9NO4/c7-1-6(16-17(12,13)14)4(10)2(8)3(9)5(11)15-6;6-3(5(9)10)1-2-4(7)8/h2-5,7-11H,1H2,(H2,12,13,14);3H,1-2,6H2,(H,7,8)(H,9,10)/t2-,3+,4-,5?,6+;/m0./s1. The molecule has 0 aromatic rings. The van der Waals surface area contributed by atoms with Crippen LogP contribution >= 0.6 is 7.82 Å². The number of carboxylic acid groups (broad SMARTS) is 2. The number of rotatable bonds is 7. The second-order valence-corrected chi connectivity index (χ2v) is 6.53. The third kappa shape index (κ3) is 8.12. The van der Waals surface area contributed by atoms with E-state index in [1.54, 1.807) is 0 Å². The second-order valence-electron chi connectivity index (χ2n) is 5.36. The van der Waals surface area contributed by atoms with Gasteiger partial charge in [0.05, 0.1) is 0 Å². The van der Waals surface area contributed by atoms with Crippen LogP contribution < -0.4 is 5.73 Å². The molecule has 0 aromatic carbocycles. The van der Waals surface area contributed by atoms with Gasteiger partial charge in [0.2, 0.25) is 5.79 Å². The zero-order valence-electron chi connectivity index (χ0n) is 13.6. The molecule has 1 saturated heterocycles. The van der Waals surface area contributed by atoms with Crippen molar-refractivity contribution in [2.75, 3.05) is 6.61 Å². The Hall–Kier alpha value is -1.23. The van der Waals surface area contributed by atoms with Crippen LogP contribution in [0.25, 0.3) is 0 Å². The summed E-state index contributed by atoms with van der Waals surface area (Å²) in [7, 11) is -5.18. The number of aliphatic carboxylic acids is 2. The zero-order chi connectivity index (χ0) is 21.6. The molecule has 6 atom stereocenters. The highest BCUT2D eigenvalue weighted by atomic mass is 31.2. The number of phosphoric ester groups is 1. The molecule has 0 aromatic heterocycles. The maximum atomic E-state index is 10.6. The highest BCUT2D eigenvalue weighted by Crippen LogP contribution is 2.45. The summed E-state index contributed by atoms with van der Waals surface area (Å²) in [5.74, 6) is -4.92. The molecule has 160 valence electrons. The van der Waals surface area contributed by atoms with E-state index in [0.29, 0.717) is 0 Å². The molecule has 0 amide bonds. The topological polar surface area (TPSA) is 278 Å². The summed E-state index contributed by atoms with van der Waals surface area (Å²) in [6, 6.07) is -1.06. The van der Waals surface area contributed by atoms with Gasteiger partial charge in [-0.3, -0.25) is 9.59 Å². The van der Waals surface area contributed by atoms with Crippen LogP contribution in [0, 0.1) is 0 Å². The van der Waals surface area contributed by atoms with Gasteiger partial charge in [0.25, 0.3) is 0 Å². The predicted octanol–water partition coefficient (Wildman–Crippen LogP) is -4.52. The Kier molecular flexibility index (Phi) is 9.88. The summed E-state index contributed by atoms with van der Waals surface area (Å²) >= 11 is 0.